The standard InChI is InChI=1S/C15H19N3/c16-11-15(17)13-6-7-14(15)10-18(9-13)8-12-4-2-1-3-5-12/h1-5,13-14H,6-10,17H2. The fraction of sp³-hybridized carbons (Fsp3) is 0.533. The van der Waals surface area contributed by atoms with E-state index in [9.17, 15) is 5.26 Å². The average Bonchev–Trinajstić information content (AvgIpc) is 2.59. The highest BCUT2D eigenvalue weighted by atomic mass is 15.2. The largest absolute Gasteiger partial charge is 0.313 e. The molecule has 2 fully saturated rings. The van der Waals surface area contributed by atoms with Gasteiger partial charge in [-0.25, -0.2) is 0 Å². The third kappa shape index (κ3) is 1.82. The Morgan fingerprint density at radius 3 is 2.39 bits per heavy atom. The maximum Gasteiger partial charge on any atom is 0.112 e. The van der Waals surface area contributed by atoms with E-state index in [1.807, 2.05) is 6.07 Å². The Hall–Kier alpha value is -1.37. The molecule has 0 aromatic heterocycles. The summed E-state index contributed by atoms with van der Waals surface area (Å²) < 4.78 is 0. The van der Waals surface area contributed by atoms with Gasteiger partial charge in [0.15, 0.2) is 0 Å². The minimum atomic E-state index is -0.562. The summed E-state index contributed by atoms with van der Waals surface area (Å²) in [4.78, 5) is 2.46. The van der Waals surface area contributed by atoms with Crippen molar-refractivity contribution >= 4 is 0 Å². The number of nitrogens with zero attached hydrogens (tertiary/aromatic N) is 2. The molecule has 2 unspecified atom stereocenters. The summed E-state index contributed by atoms with van der Waals surface area (Å²) in [5, 5.41) is 9.31. The Labute approximate surface area is 108 Å². The summed E-state index contributed by atoms with van der Waals surface area (Å²) in [5.41, 5.74) is 7.06. The number of piperidine rings is 1. The second-order valence-electron chi connectivity index (χ2n) is 5.70. The van der Waals surface area contributed by atoms with E-state index in [4.69, 9.17) is 5.73 Å². The number of fused-ring (bicyclic) bond motifs is 2. The first-order valence-electron chi connectivity index (χ1n) is 6.69. The van der Waals surface area contributed by atoms with Crippen LogP contribution in [0.5, 0.6) is 0 Å². The van der Waals surface area contributed by atoms with Crippen molar-refractivity contribution < 1.29 is 0 Å². The SMILES string of the molecule is N#CC1(N)C2CCC1CN(Cc1ccccc1)C2. The van der Waals surface area contributed by atoms with E-state index in [-0.39, 0.29) is 0 Å². The van der Waals surface area contributed by atoms with Crippen LogP contribution < -0.4 is 5.73 Å². The second-order valence-corrected chi connectivity index (χ2v) is 5.70. The minimum Gasteiger partial charge on any atom is -0.313 e. The van der Waals surface area contributed by atoms with Crippen LogP contribution in [0.3, 0.4) is 0 Å². The van der Waals surface area contributed by atoms with Crippen molar-refractivity contribution in [2.24, 2.45) is 17.6 Å². The monoisotopic (exact) mass is 241 g/mol. The fourth-order valence-corrected chi connectivity index (χ4v) is 3.55. The molecule has 18 heavy (non-hydrogen) atoms. The number of nitrogens with two attached hydrogens (primary N) is 1. The summed E-state index contributed by atoms with van der Waals surface area (Å²) in [6, 6.07) is 12.9. The average molecular weight is 241 g/mol. The van der Waals surface area contributed by atoms with Gasteiger partial charge in [0, 0.05) is 31.5 Å². The Bertz CT molecular complexity index is 448. The highest BCUT2D eigenvalue weighted by molar-refractivity contribution is 5.20. The van der Waals surface area contributed by atoms with Crippen molar-refractivity contribution in [1.29, 1.82) is 5.26 Å². The Morgan fingerprint density at radius 1 is 1.22 bits per heavy atom. The van der Waals surface area contributed by atoms with Crippen LogP contribution in [-0.4, -0.2) is 23.5 Å². The van der Waals surface area contributed by atoms with Gasteiger partial charge in [-0.3, -0.25) is 4.90 Å². The molecule has 2 atom stereocenters. The molecule has 3 nitrogen and oxygen atoms in total. The van der Waals surface area contributed by atoms with Crippen molar-refractivity contribution in [3.63, 3.8) is 0 Å². The molecule has 1 saturated heterocycles. The number of likely N-dealkylation sites (tertiary alicyclic amines) is 1. The van der Waals surface area contributed by atoms with Gasteiger partial charge >= 0.3 is 0 Å². The fourth-order valence-electron chi connectivity index (χ4n) is 3.55. The molecular weight excluding hydrogens is 222 g/mol. The minimum absolute atomic E-state index is 0.352. The Kier molecular flexibility index (Phi) is 2.85. The van der Waals surface area contributed by atoms with Crippen molar-refractivity contribution in [3.05, 3.63) is 35.9 Å². The van der Waals surface area contributed by atoms with Crippen molar-refractivity contribution in [3.8, 4) is 6.07 Å². The molecule has 94 valence electrons. The van der Waals surface area contributed by atoms with Crippen LogP contribution in [0.4, 0.5) is 0 Å². The third-order valence-corrected chi connectivity index (χ3v) is 4.61. The molecule has 1 aromatic carbocycles. The third-order valence-electron chi connectivity index (χ3n) is 4.61. The maximum atomic E-state index is 9.31. The molecule has 1 aliphatic heterocycles. The Morgan fingerprint density at radius 2 is 1.83 bits per heavy atom. The molecule has 2 N–H and O–H groups in total. The van der Waals surface area contributed by atoms with E-state index >= 15 is 0 Å². The summed E-state index contributed by atoms with van der Waals surface area (Å²) in [6.07, 6.45) is 2.22. The van der Waals surface area contributed by atoms with Gasteiger partial charge in [0.25, 0.3) is 0 Å². The molecule has 0 radical (unpaired) electrons. The number of benzene rings is 1. The smallest absolute Gasteiger partial charge is 0.112 e. The molecule has 3 heteroatoms. The maximum absolute atomic E-state index is 9.31. The second kappa shape index (κ2) is 4.38. The molecule has 2 bridgehead atoms. The van der Waals surface area contributed by atoms with Gasteiger partial charge < -0.3 is 5.73 Å². The lowest BCUT2D eigenvalue weighted by Gasteiger charge is -2.41. The molecule has 1 aromatic rings. The molecule has 1 saturated carbocycles. The lowest BCUT2D eigenvalue weighted by Crippen LogP contribution is -2.58. The van der Waals surface area contributed by atoms with Gasteiger partial charge in [-0.1, -0.05) is 30.3 Å². The molecule has 0 amide bonds. The normalized spacial score (nSPS) is 35.3. The topological polar surface area (TPSA) is 53.1 Å². The molecule has 3 rings (SSSR count). The molecule has 0 spiro atoms. The highest BCUT2D eigenvalue weighted by Crippen LogP contribution is 2.43. The summed E-state index contributed by atoms with van der Waals surface area (Å²) in [6.45, 7) is 2.92. The van der Waals surface area contributed by atoms with E-state index in [2.05, 4.69) is 35.2 Å². The van der Waals surface area contributed by atoms with Gasteiger partial charge in [0.1, 0.15) is 5.54 Å². The van der Waals surface area contributed by atoms with Crippen LogP contribution in [0.25, 0.3) is 0 Å². The van der Waals surface area contributed by atoms with Crippen LogP contribution in [0, 0.1) is 23.2 Å². The van der Waals surface area contributed by atoms with Gasteiger partial charge in [-0.15, -0.1) is 0 Å². The Balaban J connectivity index is 1.72. The van der Waals surface area contributed by atoms with Crippen molar-refractivity contribution in [2.45, 2.75) is 24.9 Å². The van der Waals surface area contributed by atoms with E-state index in [0.717, 1.165) is 32.5 Å². The zero-order valence-corrected chi connectivity index (χ0v) is 10.5. The van der Waals surface area contributed by atoms with E-state index < -0.39 is 5.54 Å². The summed E-state index contributed by atoms with van der Waals surface area (Å²) in [7, 11) is 0. The highest BCUT2D eigenvalue weighted by Gasteiger charge is 2.51. The van der Waals surface area contributed by atoms with Crippen molar-refractivity contribution in [2.75, 3.05) is 13.1 Å². The molecular formula is C15H19N3. The number of nitriles is 1. The van der Waals surface area contributed by atoms with Gasteiger partial charge in [-0.05, 0) is 18.4 Å². The molecule has 2 aliphatic rings. The van der Waals surface area contributed by atoms with E-state index in [1.165, 1.54) is 5.56 Å². The summed E-state index contributed by atoms with van der Waals surface area (Å²) in [5.74, 6) is 0.704. The quantitative estimate of drug-likeness (QED) is 0.858. The van der Waals surface area contributed by atoms with E-state index in [0.29, 0.717) is 11.8 Å². The van der Waals surface area contributed by atoms with Gasteiger partial charge in [-0.2, -0.15) is 5.26 Å². The van der Waals surface area contributed by atoms with Crippen LogP contribution in [0.1, 0.15) is 18.4 Å². The first kappa shape index (κ1) is 11.7. The van der Waals surface area contributed by atoms with E-state index in [1.54, 1.807) is 0 Å². The molecule has 1 heterocycles. The zero-order chi connectivity index (χ0) is 12.6. The van der Waals surface area contributed by atoms with Gasteiger partial charge in [0.2, 0.25) is 0 Å². The predicted octanol–water partition coefficient (Wildman–Crippen LogP) is 1.75. The van der Waals surface area contributed by atoms with Gasteiger partial charge in [0.05, 0.1) is 6.07 Å². The van der Waals surface area contributed by atoms with Crippen LogP contribution in [0.2, 0.25) is 0 Å². The number of rotatable bonds is 2. The molecule has 1 aliphatic carbocycles. The number of hydrogen-bond donors (Lipinski definition) is 1. The predicted molar refractivity (Wildman–Crippen MR) is 70.5 cm³/mol. The summed E-state index contributed by atoms with van der Waals surface area (Å²) >= 11 is 0. The lowest BCUT2D eigenvalue weighted by molar-refractivity contribution is 0.109. The van der Waals surface area contributed by atoms with Crippen molar-refractivity contribution in [1.82, 2.24) is 4.90 Å². The van der Waals surface area contributed by atoms with Crippen LogP contribution in [-0.2, 0) is 6.54 Å². The van der Waals surface area contributed by atoms with Crippen LogP contribution in [0.15, 0.2) is 30.3 Å². The zero-order valence-electron chi connectivity index (χ0n) is 10.5. The first-order chi connectivity index (χ1) is 8.72. The van der Waals surface area contributed by atoms with Crippen LogP contribution >= 0.6 is 0 Å². The lowest BCUT2D eigenvalue weighted by atomic mass is 9.79. The first-order valence-corrected chi connectivity index (χ1v) is 6.69. The number of hydrogen-bond acceptors (Lipinski definition) is 3.